The van der Waals surface area contributed by atoms with E-state index in [2.05, 4.69) is 27.8 Å². The van der Waals surface area contributed by atoms with Crippen molar-refractivity contribution in [2.24, 2.45) is 5.92 Å². The topological polar surface area (TPSA) is 38.1 Å². The first-order valence-corrected chi connectivity index (χ1v) is 11.3. The quantitative estimate of drug-likeness (QED) is 0.678. The number of nitrogens with zero attached hydrogens (tertiary/aromatic N) is 3. The maximum Gasteiger partial charge on any atom is 0.132 e. The lowest BCUT2D eigenvalue weighted by molar-refractivity contribution is -0.119. The molecule has 156 valence electrons. The number of rotatable bonds is 4. The van der Waals surface area contributed by atoms with Gasteiger partial charge in [0.1, 0.15) is 5.78 Å². The van der Waals surface area contributed by atoms with Crippen LogP contribution in [0.2, 0.25) is 0 Å². The van der Waals surface area contributed by atoms with Crippen molar-refractivity contribution >= 4 is 5.78 Å². The minimum atomic E-state index is 0.213. The van der Waals surface area contributed by atoms with Gasteiger partial charge in [-0.25, -0.2) is 0 Å². The Morgan fingerprint density at radius 1 is 1.07 bits per heavy atom. The van der Waals surface area contributed by atoms with Gasteiger partial charge < -0.3 is 4.90 Å². The van der Waals surface area contributed by atoms with Gasteiger partial charge in [0.05, 0.1) is 12.2 Å². The summed E-state index contributed by atoms with van der Waals surface area (Å²) >= 11 is 0. The van der Waals surface area contributed by atoms with Crippen LogP contribution in [-0.4, -0.2) is 39.6 Å². The van der Waals surface area contributed by atoms with E-state index in [1.165, 1.54) is 63.6 Å². The number of carbonyl (C=O) groups excluding carboxylic acids is 1. The first-order chi connectivity index (χ1) is 13.0. The van der Waals surface area contributed by atoms with Gasteiger partial charge in [-0.2, -0.15) is 5.10 Å². The third-order valence-electron chi connectivity index (χ3n) is 5.84. The summed E-state index contributed by atoms with van der Waals surface area (Å²) in [6.45, 7) is 14.1. The van der Waals surface area contributed by atoms with Crippen molar-refractivity contribution in [2.45, 2.75) is 105 Å². The molecule has 1 saturated heterocycles. The van der Waals surface area contributed by atoms with Crippen LogP contribution in [0.5, 0.6) is 0 Å². The van der Waals surface area contributed by atoms with E-state index in [0.717, 1.165) is 12.5 Å². The van der Waals surface area contributed by atoms with Gasteiger partial charge in [0.2, 0.25) is 0 Å². The van der Waals surface area contributed by atoms with Gasteiger partial charge in [-0.05, 0) is 44.6 Å². The van der Waals surface area contributed by atoms with E-state index in [-0.39, 0.29) is 11.7 Å². The van der Waals surface area contributed by atoms with Crippen molar-refractivity contribution in [3.05, 3.63) is 18.0 Å². The predicted molar refractivity (Wildman–Crippen MR) is 115 cm³/mol. The fourth-order valence-electron chi connectivity index (χ4n) is 3.72. The zero-order valence-corrected chi connectivity index (χ0v) is 18.7. The summed E-state index contributed by atoms with van der Waals surface area (Å²) in [5.41, 5.74) is 1.37. The third kappa shape index (κ3) is 8.16. The Balaban J connectivity index is 0.000000392. The first-order valence-electron chi connectivity index (χ1n) is 11.3. The molecule has 0 bridgehead atoms. The number of piperidine rings is 1. The summed E-state index contributed by atoms with van der Waals surface area (Å²) in [6, 6.07) is 1.53. The number of carbonyl (C=O) groups is 1. The van der Waals surface area contributed by atoms with E-state index in [1.54, 1.807) is 6.92 Å². The molecule has 1 saturated carbocycles. The monoisotopic (exact) mass is 377 g/mol. The number of hydrogen-bond acceptors (Lipinski definition) is 3. The molecule has 1 aromatic rings. The highest BCUT2D eigenvalue weighted by atomic mass is 16.1. The van der Waals surface area contributed by atoms with Gasteiger partial charge in [-0.1, -0.05) is 53.9 Å². The highest BCUT2D eigenvalue weighted by Gasteiger charge is 2.27. The van der Waals surface area contributed by atoms with E-state index >= 15 is 0 Å². The average Bonchev–Trinajstić information content (AvgIpc) is 3.20. The van der Waals surface area contributed by atoms with Gasteiger partial charge in [0.25, 0.3) is 0 Å². The second kappa shape index (κ2) is 13.1. The molecule has 0 unspecified atom stereocenters. The lowest BCUT2D eigenvalue weighted by Gasteiger charge is -2.39. The zero-order valence-electron chi connectivity index (χ0n) is 18.7. The molecule has 4 nitrogen and oxygen atoms in total. The molecular formula is C23H43N3O. The molecule has 2 fully saturated rings. The van der Waals surface area contributed by atoms with Crippen molar-refractivity contribution in [1.82, 2.24) is 14.7 Å². The lowest BCUT2D eigenvalue weighted by atomic mass is 9.92. The van der Waals surface area contributed by atoms with Gasteiger partial charge in [0, 0.05) is 31.2 Å². The molecule has 0 aromatic carbocycles. The highest BCUT2D eigenvalue weighted by molar-refractivity contribution is 5.77. The second-order valence-corrected chi connectivity index (χ2v) is 8.01. The maximum absolute atomic E-state index is 10.1. The molecule has 1 aliphatic heterocycles. The van der Waals surface area contributed by atoms with Crippen LogP contribution in [0.15, 0.2) is 12.4 Å². The first kappa shape index (κ1) is 23.9. The summed E-state index contributed by atoms with van der Waals surface area (Å²) in [5, 5.41) is 4.55. The molecule has 0 atom stereocenters. The summed E-state index contributed by atoms with van der Waals surface area (Å²) in [4.78, 5) is 12.9. The van der Waals surface area contributed by atoms with Crippen LogP contribution >= 0.6 is 0 Å². The van der Waals surface area contributed by atoms with Crippen LogP contribution in [-0.2, 0) is 11.2 Å². The van der Waals surface area contributed by atoms with Crippen molar-refractivity contribution in [1.29, 1.82) is 0 Å². The van der Waals surface area contributed by atoms with E-state index in [0.29, 0.717) is 6.04 Å². The smallest absolute Gasteiger partial charge is 0.132 e. The minimum Gasteiger partial charge on any atom is -0.300 e. The highest BCUT2D eigenvalue weighted by Crippen LogP contribution is 2.28. The standard InChI is InChI=1S/C16H27N3.C5H10O.C2H6/c1-2-14-12-17-19(13-14)16-8-10-18(11-9-16)15-6-4-3-5-7-15;1-4(2)5(3)6;1-2/h12-13,15-16H,2-11H2,1H3;4H,1-3H3;1-2H3. The van der Waals surface area contributed by atoms with Crippen molar-refractivity contribution in [3.63, 3.8) is 0 Å². The molecule has 0 amide bonds. The SMILES string of the molecule is CC.CC(=O)C(C)C.CCc1cnn(C2CCN(C3CCCCC3)CC2)c1. The Labute approximate surface area is 167 Å². The van der Waals surface area contributed by atoms with Gasteiger partial charge in [-0.3, -0.25) is 9.48 Å². The van der Waals surface area contributed by atoms with Crippen LogP contribution in [0.1, 0.15) is 98.1 Å². The van der Waals surface area contributed by atoms with Crippen LogP contribution in [0, 0.1) is 5.92 Å². The van der Waals surface area contributed by atoms with Gasteiger partial charge >= 0.3 is 0 Å². The van der Waals surface area contributed by atoms with Crippen LogP contribution in [0.3, 0.4) is 0 Å². The summed E-state index contributed by atoms with van der Waals surface area (Å²) in [6.07, 6.45) is 15.2. The van der Waals surface area contributed by atoms with Crippen molar-refractivity contribution < 1.29 is 4.79 Å². The average molecular weight is 378 g/mol. The number of likely N-dealkylation sites (tertiary alicyclic amines) is 1. The number of aromatic nitrogens is 2. The summed E-state index contributed by atoms with van der Waals surface area (Å²) in [5.74, 6) is 0.472. The molecule has 0 radical (unpaired) electrons. The third-order valence-corrected chi connectivity index (χ3v) is 5.84. The van der Waals surface area contributed by atoms with Gasteiger partial charge in [-0.15, -0.1) is 0 Å². The van der Waals surface area contributed by atoms with Gasteiger partial charge in [0.15, 0.2) is 0 Å². The molecule has 0 N–H and O–H groups in total. The van der Waals surface area contributed by atoms with E-state index in [1.807, 2.05) is 33.9 Å². The maximum atomic E-state index is 10.1. The molecule has 27 heavy (non-hydrogen) atoms. The molecular weight excluding hydrogens is 334 g/mol. The molecule has 4 heteroatoms. The molecule has 0 spiro atoms. The lowest BCUT2D eigenvalue weighted by Crippen LogP contribution is -2.42. The largest absolute Gasteiger partial charge is 0.300 e. The van der Waals surface area contributed by atoms with Crippen molar-refractivity contribution in [2.75, 3.05) is 13.1 Å². The molecule has 2 heterocycles. The Morgan fingerprint density at radius 3 is 2.07 bits per heavy atom. The zero-order chi connectivity index (χ0) is 20.2. The van der Waals surface area contributed by atoms with E-state index in [4.69, 9.17) is 0 Å². The Hall–Kier alpha value is -1.16. The fourth-order valence-corrected chi connectivity index (χ4v) is 3.72. The van der Waals surface area contributed by atoms with Crippen molar-refractivity contribution in [3.8, 4) is 0 Å². The second-order valence-electron chi connectivity index (χ2n) is 8.01. The van der Waals surface area contributed by atoms with Crippen LogP contribution in [0.25, 0.3) is 0 Å². The fraction of sp³-hybridized carbons (Fsp3) is 0.826. The molecule has 1 aliphatic carbocycles. The van der Waals surface area contributed by atoms with Crippen LogP contribution in [0.4, 0.5) is 0 Å². The minimum absolute atomic E-state index is 0.213. The Kier molecular flexibility index (Phi) is 11.6. The number of aryl methyl sites for hydroxylation is 1. The Bertz CT molecular complexity index is 509. The normalized spacial score (nSPS) is 19.1. The summed E-state index contributed by atoms with van der Waals surface area (Å²) < 4.78 is 2.22. The number of ketones is 1. The molecule has 2 aliphatic rings. The summed E-state index contributed by atoms with van der Waals surface area (Å²) in [7, 11) is 0. The molecule has 1 aromatic heterocycles. The van der Waals surface area contributed by atoms with E-state index in [9.17, 15) is 4.79 Å². The van der Waals surface area contributed by atoms with E-state index < -0.39 is 0 Å². The predicted octanol–water partition coefficient (Wildman–Crippen LogP) is 5.67. The Morgan fingerprint density at radius 2 is 1.63 bits per heavy atom. The number of Topliss-reactive ketones (excluding diaryl/α,β-unsaturated/α-hetero) is 1. The molecule has 3 rings (SSSR count). The number of hydrogen-bond donors (Lipinski definition) is 0. The van der Waals surface area contributed by atoms with Crippen LogP contribution < -0.4 is 0 Å².